The second-order valence-electron chi connectivity index (χ2n) is 2.47. The van der Waals surface area contributed by atoms with Gasteiger partial charge in [-0.15, -0.1) is 0 Å². The van der Waals surface area contributed by atoms with Gasteiger partial charge in [-0.2, -0.15) is 0 Å². The maximum atomic E-state index is 9.14. The van der Waals surface area contributed by atoms with Crippen LogP contribution in [0.25, 0.3) is 0 Å². The van der Waals surface area contributed by atoms with Crippen molar-refractivity contribution in [3.8, 4) is 5.75 Å². The number of hydrogen-bond donors (Lipinski definition) is 1. The average molecular weight is 275 g/mol. The molecule has 0 bridgehead atoms. The number of phenols is 1. The van der Waals surface area contributed by atoms with Crippen molar-refractivity contribution in [1.29, 1.82) is 0 Å². The summed E-state index contributed by atoms with van der Waals surface area (Å²) in [6.45, 7) is 4.01. The smallest absolute Gasteiger partial charge is 0.118 e. The Hall–Kier alpha value is 0.215. The number of aryl methyl sites for hydroxylation is 2. The molecule has 0 unspecified atom stereocenters. The van der Waals surface area contributed by atoms with Crippen LogP contribution in [0, 0.1) is 42.5 Å². The molecule has 0 aliphatic carbocycles. The van der Waals surface area contributed by atoms with Gasteiger partial charge in [0.1, 0.15) is 5.75 Å². The largest absolute Gasteiger partial charge is 0.508 e. The molecule has 0 saturated carbocycles. The van der Waals surface area contributed by atoms with Crippen molar-refractivity contribution in [1.82, 2.24) is 0 Å². The molecule has 0 amide bonds. The molecule has 0 spiro atoms. The minimum atomic E-state index is 0. The molecule has 1 nitrogen and oxygen atoms in total. The number of phenolic OH excluding ortho intramolecular Hbond substituents is 1. The number of rotatable bonds is 1. The summed E-state index contributed by atoms with van der Waals surface area (Å²) < 4.78 is 0. The van der Waals surface area contributed by atoms with Gasteiger partial charge in [-0.25, -0.2) is 0 Å². The van der Waals surface area contributed by atoms with Crippen molar-refractivity contribution >= 4 is 0 Å². The molecule has 0 atom stereocenters. The number of aromatic hydroxyl groups is 1. The van der Waals surface area contributed by atoms with Crippen molar-refractivity contribution in [2.24, 2.45) is 0 Å². The zero-order chi connectivity index (χ0) is 7.56. The summed E-state index contributed by atoms with van der Waals surface area (Å²) in [5, 5.41) is 9.14. The van der Waals surface area contributed by atoms with Crippen LogP contribution in [-0.4, -0.2) is 5.11 Å². The van der Waals surface area contributed by atoms with Crippen LogP contribution < -0.4 is 0 Å². The normalized spacial score (nSPS) is 8.91. The second-order valence-corrected chi connectivity index (χ2v) is 2.47. The standard InChI is InChI=1S/C9H12O.La/c1-3-8-4-5-9(10)7(2)6-8;/h4-6,10H,3H2,1-2H3;. The molecule has 0 heterocycles. The number of hydrogen-bond acceptors (Lipinski definition) is 1. The van der Waals surface area contributed by atoms with Crippen molar-refractivity contribution in [2.45, 2.75) is 20.3 Å². The van der Waals surface area contributed by atoms with Crippen molar-refractivity contribution in [3.63, 3.8) is 0 Å². The molecule has 0 aliphatic rings. The molecule has 0 saturated heterocycles. The Labute approximate surface area is 95.4 Å². The fourth-order valence-electron chi connectivity index (χ4n) is 0.937. The van der Waals surface area contributed by atoms with Crippen LogP contribution in [-0.2, 0) is 6.42 Å². The van der Waals surface area contributed by atoms with E-state index in [1.807, 2.05) is 19.1 Å². The molecule has 1 aromatic rings. The summed E-state index contributed by atoms with van der Waals surface area (Å²) in [6.07, 6.45) is 1.03. The Morgan fingerprint density at radius 1 is 1.36 bits per heavy atom. The molecule has 57 valence electrons. The zero-order valence-electron chi connectivity index (χ0n) is 6.96. The van der Waals surface area contributed by atoms with Gasteiger partial charge in [0.15, 0.2) is 0 Å². The van der Waals surface area contributed by atoms with E-state index >= 15 is 0 Å². The minimum absolute atomic E-state index is 0. The van der Waals surface area contributed by atoms with E-state index in [2.05, 4.69) is 6.92 Å². The molecular formula is C9H12LaO. The van der Waals surface area contributed by atoms with E-state index in [1.54, 1.807) is 6.07 Å². The first-order valence-electron chi connectivity index (χ1n) is 3.52. The first kappa shape index (κ1) is 11.2. The van der Waals surface area contributed by atoms with Gasteiger partial charge in [-0.1, -0.05) is 19.1 Å². The molecule has 0 fully saturated rings. The molecular weight excluding hydrogens is 263 g/mol. The van der Waals surface area contributed by atoms with Crippen LogP contribution in [0.1, 0.15) is 18.1 Å². The Balaban J connectivity index is 0.000001000. The summed E-state index contributed by atoms with van der Waals surface area (Å²) in [6, 6.07) is 5.70. The first-order valence-corrected chi connectivity index (χ1v) is 3.52. The Bertz CT molecular complexity index is 233. The molecule has 1 rings (SSSR count). The van der Waals surface area contributed by atoms with Gasteiger partial charge in [0.2, 0.25) is 0 Å². The van der Waals surface area contributed by atoms with Crippen LogP contribution in [0.4, 0.5) is 0 Å². The van der Waals surface area contributed by atoms with Gasteiger partial charge in [-0.05, 0) is 30.5 Å². The SMILES string of the molecule is CCc1ccc(O)c(C)c1.[La]. The second kappa shape index (κ2) is 4.97. The van der Waals surface area contributed by atoms with E-state index < -0.39 is 0 Å². The topological polar surface area (TPSA) is 20.2 Å². The Morgan fingerprint density at radius 2 is 2.00 bits per heavy atom. The van der Waals surface area contributed by atoms with Crippen LogP contribution in [0.15, 0.2) is 18.2 Å². The monoisotopic (exact) mass is 275 g/mol. The van der Waals surface area contributed by atoms with Gasteiger partial charge in [0, 0.05) is 35.6 Å². The third kappa shape index (κ3) is 2.98. The molecule has 11 heavy (non-hydrogen) atoms. The summed E-state index contributed by atoms with van der Waals surface area (Å²) in [5.41, 5.74) is 2.23. The molecule has 1 N–H and O–H groups in total. The maximum Gasteiger partial charge on any atom is 0.118 e. The Morgan fingerprint density at radius 3 is 2.45 bits per heavy atom. The molecule has 1 radical (unpaired) electrons. The van der Waals surface area contributed by atoms with Crippen LogP contribution >= 0.6 is 0 Å². The summed E-state index contributed by atoms with van der Waals surface area (Å²) in [7, 11) is 0. The van der Waals surface area contributed by atoms with E-state index in [0.717, 1.165) is 12.0 Å². The first-order chi connectivity index (χ1) is 4.74. The van der Waals surface area contributed by atoms with Crippen LogP contribution in [0.5, 0.6) is 5.75 Å². The van der Waals surface area contributed by atoms with Gasteiger partial charge >= 0.3 is 0 Å². The van der Waals surface area contributed by atoms with Gasteiger partial charge in [0.25, 0.3) is 0 Å². The quantitative estimate of drug-likeness (QED) is 0.833. The van der Waals surface area contributed by atoms with E-state index in [-0.39, 0.29) is 35.6 Å². The summed E-state index contributed by atoms with van der Waals surface area (Å²) >= 11 is 0. The van der Waals surface area contributed by atoms with Gasteiger partial charge < -0.3 is 5.11 Å². The fourth-order valence-corrected chi connectivity index (χ4v) is 0.937. The molecule has 2 heteroatoms. The van der Waals surface area contributed by atoms with Crippen LogP contribution in [0.2, 0.25) is 0 Å². The summed E-state index contributed by atoms with van der Waals surface area (Å²) in [5.74, 6) is 0.386. The molecule has 0 aromatic heterocycles. The predicted molar refractivity (Wildman–Crippen MR) is 42.2 cm³/mol. The Kier molecular flexibility index (Phi) is 5.06. The average Bonchev–Trinajstić information content (AvgIpc) is 1.95. The van der Waals surface area contributed by atoms with E-state index in [0.29, 0.717) is 5.75 Å². The van der Waals surface area contributed by atoms with E-state index in [4.69, 9.17) is 5.11 Å². The minimum Gasteiger partial charge on any atom is -0.508 e. The van der Waals surface area contributed by atoms with Crippen molar-refractivity contribution in [2.75, 3.05) is 0 Å². The van der Waals surface area contributed by atoms with Crippen molar-refractivity contribution < 1.29 is 40.7 Å². The fraction of sp³-hybridized carbons (Fsp3) is 0.333. The molecule has 0 aliphatic heterocycles. The number of benzene rings is 1. The summed E-state index contributed by atoms with van der Waals surface area (Å²) in [4.78, 5) is 0. The zero-order valence-corrected chi connectivity index (χ0v) is 10.6. The van der Waals surface area contributed by atoms with Crippen molar-refractivity contribution in [3.05, 3.63) is 29.3 Å². The maximum absolute atomic E-state index is 9.14. The third-order valence-corrected chi connectivity index (χ3v) is 1.67. The van der Waals surface area contributed by atoms with Crippen LogP contribution in [0.3, 0.4) is 0 Å². The van der Waals surface area contributed by atoms with E-state index in [1.165, 1.54) is 5.56 Å². The van der Waals surface area contributed by atoms with Gasteiger partial charge in [-0.3, -0.25) is 0 Å². The van der Waals surface area contributed by atoms with Gasteiger partial charge in [0.05, 0.1) is 0 Å². The third-order valence-electron chi connectivity index (χ3n) is 1.67. The van der Waals surface area contributed by atoms with E-state index in [9.17, 15) is 0 Å². The molecule has 1 aromatic carbocycles. The predicted octanol–water partition coefficient (Wildman–Crippen LogP) is 2.26.